The third-order valence-corrected chi connectivity index (χ3v) is 4.48. The maximum atomic E-state index is 12.7. The van der Waals surface area contributed by atoms with Gasteiger partial charge in [-0.2, -0.15) is 0 Å². The molecule has 1 amide bonds. The molecule has 1 heterocycles. The predicted octanol–water partition coefficient (Wildman–Crippen LogP) is 5.14. The molecule has 132 valence electrons. The second-order valence-electron chi connectivity index (χ2n) is 6.00. The van der Waals surface area contributed by atoms with Crippen LogP contribution in [0.1, 0.15) is 21.7 Å². The Morgan fingerprint density at radius 2 is 1.63 bits per heavy atom. The lowest BCUT2D eigenvalue weighted by Crippen LogP contribution is -2.22. The van der Waals surface area contributed by atoms with Crippen LogP contribution in [0, 0.1) is 0 Å². The molecule has 0 saturated heterocycles. The third kappa shape index (κ3) is 3.76. The van der Waals surface area contributed by atoms with Crippen molar-refractivity contribution in [3.63, 3.8) is 0 Å². The van der Waals surface area contributed by atoms with Crippen molar-refractivity contribution in [2.45, 2.75) is 0 Å². The highest BCUT2D eigenvalue weighted by molar-refractivity contribution is 6.32. The molecule has 2 N–H and O–H groups in total. The van der Waals surface area contributed by atoms with E-state index in [1.165, 1.54) is 0 Å². The van der Waals surface area contributed by atoms with Gasteiger partial charge in [-0.25, -0.2) is 4.98 Å². The summed E-state index contributed by atoms with van der Waals surface area (Å²) in [4.78, 5) is 20.6. The first-order valence-corrected chi connectivity index (χ1v) is 8.86. The van der Waals surface area contributed by atoms with Crippen LogP contribution in [0.2, 0.25) is 5.02 Å². The average molecular weight is 374 g/mol. The molecule has 5 heteroatoms. The van der Waals surface area contributed by atoms with E-state index in [0.717, 1.165) is 16.6 Å². The first-order valence-electron chi connectivity index (χ1n) is 8.48. The Hall–Kier alpha value is -3.37. The van der Waals surface area contributed by atoms with E-state index < -0.39 is 0 Å². The maximum absolute atomic E-state index is 12.7. The normalized spacial score (nSPS) is 11.5. The van der Waals surface area contributed by atoms with Crippen molar-refractivity contribution in [2.24, 2.45) is 0 Å². The van der Waals surface area contributed by atoms with Gasteiger partial charge in [0.25, 0.3) is 5.91 Å². The Kier molecular flexibility index (Phi) is 4.73. The third-order valence-electron chi connectivity index (χ3n) is 4.13. The quantitative estimate of drug-likeness (QED) is 0.520. The van der Waals surface area contributed by atoms with Gasteiger partial charge in [0.15, 0.2) is 5.82 Å². The van der Waals surface area contributed by atoms with Gasteiger partial charge < -0.3 is 10.3 Å². The number of rotatable bonds is 4. The van der Waals surface area contributed by atoms with Crippen LogP contribution in [-0.2, 0) is 0 Å². The lowest BCUT2D eigenvalue weighted by atomic mass is 10.1. The Bertz CT molecular complexity index is 1100. The summed E-state index contributed by atoms with van der Waals surface area (Å²) < 4.78 is 0. The summed E-state index contributed by atoms with van der Waals surface area (Å²) in [5, 5.41) is 3.55. The largest absolute Gasteiger partial charge is 0.337 e. The molecule has 3 aromatic carbocycles. The molecule has 0 fully saturated rings. The van der Waals surface area contributed by atoms with Gasteiger partial charge in [-0.3, -0.25) is 4.79 Å². The van der Waals surface area contributed by atoms with Gasteiger partial charge in [-0.05, 0) is 42.0 Å². The number of amides is 1. The van der Waals surface area contributed by atoms with Crippen molar-refractivity contribution in [3.05, 3.63) is 101 Å². The number of hydrogen-bond acceptors (Lipinski definition) is 2. The van der Waals surface area contributed by atoms with Crippen molar-refractivity contribution in [1.29, 1.82) is 0 Å². The van der Waals surface area contributed by atoms with E-state index in [4.69, 9.17) is 11.6 Å². The molecule has 4 rings (SSSR count). The first kappa shape index (κ1) is 17.1. The first-order chi connectivity index (χ1) is 13.2. The average Bonchev–Trinajstić information content (AvgIpc) is 3.14. The molecule has 0 saturated carbocycles. The van der Waals surface area contributed by atoms with Crippen molar-refractivity contribution >= 4 is 40.3 Å². The second-order valence-corrected chi connectivity index (χ2v) is 6.41. The van der Waals surface area contributed by atoms with Crippen molar-refractivity contribution in [3.8, 4) is 0 Å². The molecular formula is C22H16ClN3O. The molecule has 0 bridgehead atoms. The molecule has 0 unspecified atom stereocenters. The standard InChI is InChI=1S/C22H16ClN3O/c23-17-11-5-4-10-16(17)14-20(26-22(27)15-8-2-1-3-9-15)21-24-18-12-6-7-13-19(18)25-21/h1-14H,(H,24,25)(H,26,27)/b20-14-. The van der Waals surface area contributed by atoms with E-state index in [0.29, 0.717) is 22.1 Å². The van der Waals surface area contributed by atoms with Crippen LogP contribution in [0.3, 0.4) is 0 Å². The summed E-state index contributed by atoms with van der Waals surface area (Å²) in [5.41, 5.74) is 3.63. The number of fused-ring (bicyclic) bond motifs is 1. The molecule has 0 aliphatic rings. The number of nitrogens with one attached hydrogen (secondary N) is 2. The number of aromatic nitrogens is 2. The van der Waals surface area contributed by atoms with Crippen LogP contribution >= 0.6 is 11.6 Å². The molecule has 1 aromatic heterocycles. The number of H-pyrrole nitrogens is 1. The van der Waals surface area contributed by atoms with Gasteiger partial charge in [0.2, 0.25) is 0 Å². The second kappa shape index (κ2) is 7.48. The van der Waals surface area contributed by atoms with Gasteiger partial charge in [0.1, 0.15) is 0 Å². The van der Waals surface area contributed by atoms with E-state index in [1.54, 1.807) is 12.1 Å². The summed E-state index contributed by atoms with van der Waals surface area (Å²) in [6.45, 7) is 0. The fourth-order valence-electron chi connectivity index (χ4n) is 2.78. The topological polar surface area (TPSA) is 57.8 Å². The highest BCUT2D eigenvalue weighted by Gasteiger charge is 2.13. The summed E-state index contributed by atoms with van der Waals surface area (Å²) in [5.74, 6) is 0.356. The fourth-order valence-corrected chi connectivity index (χ4v) is 2.97. The number of hydrogen-bond donors (Lipinski definition) is 2. The molecule has 0 aliphatic heterocycles. The SMILES string of the molecule is O=C(N/C(=C\c1ccccc1Cl)c1nc2ccccc2[nH]1)c1ccccc1. The van der Waals surface area contributed by atoms with E-state index in [1.807, 2.05) is 72.8 Å². The van der Waals surface area contributed by atoms with Gasteiger partial charge in [-0.15, -0.1) is 0 Å². The summed E-state index contributed by atoms with van der Waals surface area (Å²) >= 11 is 6.30. The molecule has 4 aromatic rings. The Morgan fingerprint density at radius 3 is 2.41 bits per heavy atom. The van der Waals surface area contributed by atoms with Gasteiger partial charge in [0, 0.05) is 10.6 Å². The van der Waals surface area contributed by atoms with Crippen LogP contribution in [-0.4, -0.2) is 15.9 Å². The molecule has 0 radical (unpaired) electrons. The molecule has 0 aliphatic carbocycles. The Balaban J connectivity index is 1.77. The summed E-state index contributed by atoms with van der Waals surface area (Å²) in [6, 6.07) is 24.2. The predicted molar refractivity (Wildman–Crippen MR) is 109 cm³/mol. The van der Waals surface area contributed by atoms with Crippen LogP contribution in [0.4, 0.5) is 0 Å². The van der Waals surface area contributed by atoms with E-state index in [2.05, 4.69) is 15.3 Å². The molecule has 0 spiro atoms. The molecule has 0 atom stereocenters. The van der Waals surface area contributed by atoms with Crippen molar-refractivity contribution < 1.29 is 4.79 Å². The van der Waals surface area contributed by atoms with Gasteiger partial charge in [-0.1, -0.05) is 60.1 Å². The number of imidazole rings is 1. The lowest BCUT2D eigenvalue weighted by molar-refractivity contribution is 0.0973. The molecular weight excluding hydrogens is 358 g/mol. The monoisotopic (exact) mass is 373 g/mol. The van der Waals surface area contributed by atoms with Crippen LogP contribution < -0.4 is 5.32 Å². The van der Waals surface area contributed by atoms with E-state index in [9.17, 15) is 4.79 Å². The zero-order valence-electron chi connectivity index (χ0n) is 14.3. The minimum atomic E-state index is -0.214. The zero-order valence-corrected chi connectivity index (χ0v) is 15.1. The van der Waals surface area contributed by atoms with Gasteiger partial charge in [0.05, 0.1) is 16.7 Å². The van der Waals surface area contributed by atoms with Crippen LogP contribution in [0.25, 0.3) is 22.8 Å². The number of carbonyl (C=O) groups excluding carboxylic acids is 1. The highest BCUT2D eigenvalue weighted by atomic mass is 35.5. The number of benzene rings is 3. The van der Waals surface area contributed by atoms with Crippen LogP contribution in [0.5, 0.6) is 0 Å². The number of aromatic amines is 1. The fraction of sp³-hybridized carbons (Fsp3) is 0. The van der Waals surface area contributed by atoms with Crippen molar-refractivity contribution in [1.82, 2.24) is 15.3 Å². The molecule has 4 nitrogen and oxygen atoms in total. The summed E-state index contributed by atoms with van der Waals surface area (Å²) in [7, 11) is 0. The summed E-state index contributed by atoms with van der Waals surface area (Å²) in [6.07, 6.45) is 1.82. The number of halogens is 1. The number of nitrogens with zero attached hydrogens (tertiary/aromatic N) is 1. The van der Waals surface area contributed by atoms with Gasteiger partial charge >= 0.3 is 0 Å². The smallest absolute Gasteiger partial charge is 0.255 e. The lowest BCUT2D eigenvalue weighted by Gasteiger charge is -2.09. The minimum absolute atomic E-state index is 0.214. The highest BCUT2D eigenvalue weighted by Crippen LogP contribution is 2.22. The Labute approximate surface area is 161 Å². The molecule has 27 heavy (non-hydrogen) atoms. The van der Waals surface area contributed by atoms with Crippen molar-refractivity contribution in [2.75, 3.05) is 0 Å². The number of carbonyl (C=O) groups is 1. The van der Waals surface area contributed by atoms with E-state index >= 15 is 0 Å². The Morgan fingerprint density at radius 1 is 0.926 bits per heavy atom. The number of para-hydroxylation sites is 2. The maximum Gasteiger partial charge on any atom is 0.255 e. The van der Waals surface area contributed by atoms with Crippen LogP contribution in [0.15, 0.2) is 78.9 Å². The minimum Gasteiger partial charge on any atom is -0.337 e. The van der Waals surface area contributed by atoms with E-state index in [-0.39, 0.29) is 5.91 Å². The zero-order chi connectivity index (χ0) is 18.6.